The Morgan fingerprint density at radius 2 is 2.36 bits per heavy atom. The number of nitriles is 1. The van der Waals surface area contributed by atoms with Gasteiger partial charge in [0.2, 0.25) is 0 Å². The molecule has 64 valence electrons. The molecule has 0 saturated carbocycles. The number of hydrogen-bond acceptors (Lipinski definition) is 4. The van der Waals surface area contributed by atoms with E-state index in [9.17, 15) is 0 Å². The molecule has 0 saturated heterocycles. The molecule has 0 aromatic carbocycles. The zero-order valence-electron chi connectivity index (χ0n) is 6.62. The highest BCUT2D eigenvalue weighted by molar-refractivity contribution is 4.83. The highest BCUT2D eigenvalue weighted by Gasteiger charge is 2.04. The van der Waals surface area contributed by atoms with Crippen LogP contribution < -0.4 is 0 Å². The third-order valence-corrected chi connectivity index (χ3v) is 1.02. The normalized spacial score (nSPS) is 12.5. The summed E-state index contributed by atoms with van der Waals surface area (Å²) >= 11 is 0. The van der Waals surface area contributed by atoms with Gasteiger partial charge in [0, 0.05) is 6.61 Å². The lowest BCUT2D eigenvalue weighted by molar-refractivity contribution is 0.00654. The lowest BCUT2D eigenvalue weighted by Crippen LogP contribution is -2.18. The Hall–Kier alpha value is -0.630. The van der Waals surface area contributed by atoms with Crippen LogP contribution in [0.25, 0.3) is 0 Å². The topological polar surface area (TPSA) is 62.5 Å². The van der Waals surface area contributed by atoms with E-state index >= 15 is 0 Å². The van der Waals surface area contributed by atoms with Crippen LogP contribution in [0.4, 0.5) is 0 Å². The van der Waals surface area contributed by atoms with Crippen molar-refractivity contribution in [3.8, 4) is 6.07 Å². The molecule has 4 heteroatoms. The Morgan fingerprint density at radius 1 is 1.64 bits per heavy atom. The molecule has 4 nitrogen and oxygen atoms in total. The fraction of sp³-hybridized carbons (Fsp3) is 0.857. The summed E-state index contributed by atoms with van der Waals surface area (Å²) < 4.78 is 9.86. The molecule has 1 N–H and O–H groups in total. The van der Waals surface area contributed by atoms with E-state index < -0.39 is 6.10 Å². The quantitative estimate of drug-likeness (QED) is 0.551. The van der Waals surface area contributed by atoms with Crippen molar-refractivity contribution in [3.05, 3.63) is 0 Å². The largest absolute Gasteiger partial charge is 0.394 e. The van der Waals surface area contributed by atoms with E-state index in [2.05, 4.69) is 0 Å². The second-order valence-electron chi connectivity index (χ2n) is 1.87. The maximum Gasteiger partial charge on any atom is 0.167 e. The van der Waals surface area contributed by atoms with Gasteiger partial charge in [-0.3, -0.25) is 0 Å². The maximum absolute atomic E-state index is 8.44. The van der Waals surface area contributed by atoms with E-state index in [1.54, 1.807) is 0 Å². The molecule has 1 atom stereocenters. The van der Waals surface area contributed by atoms with Gasteiger partial charge >= 0.3 is 0 Å². The van der Waals surface area contributed by atoms with Gasteiger partial charge in [0.05, 0.1) is 25.9 Å². The van der Waals surface area contributed by atoms with E-state index in [4.69, 9.17) is 19.8 Å². The molecule has 0 aliphatic heterocycles. The average molecular weight is 159 g/mol. The van der Waals surface area contributed by atoms with Crippen LogP contribution in [0.5, 0.6) is 0 Å². The molecular weight excluding hydrogens is 146 g/mol. The minimum atomic E-state index is -0.508. The summed E-state index contributed by atoms with van der Waals surface area (Å²) in [6.07, 6.45) is -0.508. The van der Waals surface area contributed by atoms with Crippen molar-refractivity contribution < 1.29 is 14.6 Å². The van der Waals surface area contributed by atoms with Gasteiger partial charge in [0.25, 0.3) is 0 Å². The number of hydrogen-bond donors (Lipinski definition) is 1. The second kappa shape index (κ2) is 7.48. The van der Waals surface area contributed by atoms with Crippen LogP contribution in [-0.2, 0) is 9.47 Å². The zero-order chi connectivity index (χ0) is 8.53. The van der Waals surface area contributed by atoms with Gasteiger partial charge in [-0.25, -0.2) is 0 Å². The third kappa shape index (κ3) is 5.80. The van der Waals surface area contributed by atoms with Crippen molar-refractivity contribution in [3.63, 3.8) is 0 Å². The number of nitrogens with zero attached hydrogens (tertiary/aromatic N) is 1. The Labute approximate surface area is 66.3 Å². The van der Waals surface area contributed by atoms with E-state index in [0.717, 1.165) is 0 Å². The lowest BCUT2D eigenvalue weighted by Gasteiger charge is -2.08. The SMILES string of the molecule is CCOC(C#N)COCCO. The number of aliphatic hydroxyl groups is 1. The van der Waals surface area contributed by atoms with Crippen molar-refractivity contribution in [2.75, 3.05) is 26.4 Å². The molecule has 0 aromatic rings. The first kappa shape index (κ1) is 10.4. The van der Waals surface area contributed by atoms with Gasteiger partial charge in [-0.15, -0.1) is 0 Å². The average Bonchev–Trinajstić information content (AvgIpc) is 2.03. The van der Waals surface area contributed by atoms with Crippen LogP contribution in [0.2, 0.25) is 0 Å². The first-order valence-electron chi connectivity index (χ1n) is 3.55. The van der Waals surface area contributed by atoms with Crippen molar-refractivity contribution >= 4 is 0 Å². The molecule has 0 spiro atoms. The van der Waals surface area contributed by atoms with Crippen molar-refractivity contribution in [1.82, 2.24) is 0 Å². The van der Waals surface area contributed by atoms with Crippen LogP contribution in [-0.4, -0.2) is 37.6 Å². The predicted octanol–water partition coefficient (Wildman–Crippen LogP) is -0.0760. The standard InChI is InChI=1S/C7H13NO3/c1-2-11-7(5-8)6-10-4-3-9/h7,9H,2-4,6H2,1H3. The molecule has 0 rings (SSSR count). The lowest BCUT2D eigenvalue weighted by atomic mass is 10.4. The van der Waals surface area contributed by atoms with Crippen LogP contribution >= 0.6 is 0 Å². The molecule has 0 radical (unpaired) electrons. The summed E-state index contributed by atoms with van der Waals surface area (Å²) in [5, 5.41) is 16.8. The van der Waals surface area contributed by atoms with E-state index in [1.807, 2.05) is 13.0 Å². The molecule has 0 aromatic heterocycles. The third-order valence-electron chi connectivity index (χ3n) is 1.02. The van der Waals surface area contributed by atoms with E-state index in [1.165, 1.54) is 0 Å². The van der Waals surface area contributed by atoms with Crippen LogP contribution in [0.15, 0.2) is 0 Å². The zero-order valence-corrected chi connectivity index (χ0v) is 6.62. The van der Waals surface area contributed by atoms with Gasteiger partial charge in [-0.2, -0.15) is 5.26 Å². The summed E-state index contributed by atoms with van der Waals surface area (Å²) in [6, 6.07) is 1.93. The minimum Gasteiger partial charge on any atom is -0.394 e. The summed E-state index contributed by atoms with van der Waals surface area (Å²) in [6.45, 7) is 2.78. The van der Waals surface area contributed by atoms with Gasteiger partial charge in [-0.1, -0.05) is 0 Å². The van der Waals surface area contributed by atoms with Crippen molar-refractivity contribution in [2.24, 2.45) is 0 Å². The summed E-state index contributed by atoms with van der Waals surface area (Å²) in [5.74, 6) is 0. The van der Waals surface area contributed by atoms with Crippen LogP contribution in [0.1, 0.15) is 6.92 Å². The van der Waals surface area contributed by atoms with Crippen LogP contribution in [0, 0.1) is 11.3 Å². The van der Waals surface area contributed by atoms with Gasteiger partial charge in [0.1, 0.15) is 0 Å². The molecule has 11 heavy (non-hydrogen) atoms. The highest BCUT2D eigenvalue weighted by atomic mass is 16.5. The molecule has 0 fully saturated rings. The number of aliphatic hydroxyl groups excluding tert-OH is 1. The van der Waals surface area contributed by atoms with Crippen molar-refractivity contribution in [2.45, 2.75) is 13.0 Å². The maximum atomic E-state index is 8.44. The monoisotopic (exact) mass is 159 g/mol. The van der Waals surface area contributed by atoms with Crippen LogP contribution in [0.3, 0.4) is 0 Å². The van der Waals surface area contributed by atoms with Gasteiger partial charge < -0.3 is 14.6 Å². The van der Waals surface area contributed by atoms with Gasteiger partial charge in [0.15, 0.2) is 6.10 Å². The second-order valence-corrected chi connectivity index (χ2v) is 1.87. The van der Waals surface area contributed by atoms with Gasteiger partial charge in [-0.05, 0) is 6.92 Å². The predicted molar refractivity (Wildman–Crippen MR) is 38.9 cm³/mol. The summed E-state index contributed by atoms with van der Waals surface area (Å²) in [7, 11) is 0. The smallest absolute Gasteiger partial charge is 0.167 e. The number of ether oxygens (including phenoxy) is 2. The van der Waals surface area contributed by atoms with E-state index in [-0.39, 0.29) is 19.8 Å². The summed E-state index contributed by atoms with van der Waals surface area (Å²) in [4.78, 5) is 0. The summed E-state index contributed by atoms with van der Waals surface area (Å²) in [5.41, 5.74) is 0. The first-order valence-corrected chi connectivity index (χ1v) is 3.55. The molecule has 1 unspecified atom stereocenters. The Balaban J connectivity index is 3.30. The van der Waals surface area contributed by atoms with E-state index in [0.29, 0.717) is 6.61 Å². The molecule has 0 amide bonds. The Kier molecular flexibility index (Phi) is 7.05. The molecular formula is C7H13NO3. The fourth-order valence-electron chi connectivity index (χ4n) is 0.579. The molecule has 0 bridgehead atoms. The molecule has 0 heterocycles. The molecule has 0 aliphatic rings. The number of rotatable bonds is 6. The Bertz CT molecular complexity index is 121. The molecule has 0 aliphatic carbocycles. The first-order chi connectivity index (χ1) is 5.35. The van der Waals surface area contributed by atoms with Crippen molar-refractivity contribution in [1.29, 1.82) is 5.26 Å². The Morgan fingerprint density at radius 3 is 2.82 bits per heavy atom. The highest BCUT2D eigenvalue weighted by Crippen LogP contribution is 1.90. The minimum absolute atomic E-state index is 0.0235. The fourth-order valence-corrected chi connectivity index (χ4v) is 0.579.